The van der Waals surface area contributed by atoms with Crippen LogP contribution < -0.4 is 16.0 Å². The van der Waals surface area contributed by atoms with Crippen LogP contribution in [-0.4, -0.2) is 35.0 Å². The molecule has 0 spiro atoms. The summed E-state index contributed by atoms with van der Waals surface area (Å²) in [5.41, 5.74) is 0. The Morgan fingerprint density at radius 1 is 1.38 bits per heavy atom. The summed E-state index contributed by atoms with van der Waals surface area (Å²) < 4.78 is 0. The van der Waals surface area contributed by atoms with Gasteiger partial charge in [-0.3, -0.25) is 4.79 Å². The molecule has 1 amide bonds. The average Bonchev–Trinajstić information content (AvgIpc) is 3.16. The second-order valence-corrected chi connectivity index (χ2v) is 6.05. The Morgan fingerprint density at radius 2 is 2.24 bits per heavy atom. The molecular formula is C14H19N5OS. The number of rotatable bonds is 7. The first-order valence-corrected chi connectivity index (χ1v) is 8.16. The van der Waals surface area contributed by atoms with Crippen LogP contribution in [0.3, 0.4) is 0 Å². The van der Waals surface area contributed by atoms with Crippen LogP contribution in [0.2, 0.25) is 0 Å². The molecule has 0 radical (unpaired) electrons. The molecule has 2 aromatic heterocycles. The lowest BCUT2D eigenvalue weighted by molar-refractivity contribution is -0.119. The summed E-state index contributed by atoms with van der Waals surface area (Å²) in [4.78, 5) is 21.6. The average molecular weight is 305 g/mol. The molecule has 6 nitrogen and oxygen atoms in total. The van der Waals surface area contributed by atoms with E-state index in [0.29, 0.717) is 17.8 Å². The van der Waals surface area contributed by atoms with Gasteiger partial charge in [0.15, 0.2) is 0 Å². The maximum absolute atomic E-state index is 11.8. The highest BCUT2D eigenvalue weighted by Crippen LogP contribution is 2.26. The smallest absolute Gasteiger partial charge is 0.239 e. The lowest BCUT2D eigenvalue weighted by Crippen LogP contribution is -2.31. The van der Waals surface area contributed by atoms with Crippen molar-refractivity contribution >= 4 is 39.2 Å². The summed E-state index contributed by atoms with van der Waals surface area (Å²) in [5.74, 6) is 1.34. The minimum atomic E-state index is 0.0163. The summed E-state index contributed by atoms with van der Waals surface area (Å²) in [6.45, 7) is 3.17. The van der Waals surface area contributed by atoms with Gasteiger partial charge in [0.2, 0.25) is 11.9 Å². The van der Waals surface area contributed by atoms with Crippen LogP contribution in [0, 0.1) is 0 Å². The van der Waals surface area contributed by atoms with Crippen molar-refractivity contribution in [3.05, 3.63) is 11.4 Å². The topological polar surface area (TPSA) is 78.9 Å². The first kappa shape index (κ1) is 14.1. The van der Waals surface area contributed by atoms with Gasteiger partial charge in [-0.1, -0.05) is 6.92 Å². The number of nitrogens with one attached hydrogen (secondary N) is 3. The fraction of sp³-hybridized carbons (Fsp3) is 0.500. The predicted octanol–water partition coefficient (Wildman–Crippen LogP) is 2.20. The third-order valence-corrected chi connectivity index (χ3v) is 4.02. The number of hydrogen-bond acceptors (Lipinski definition) is 6. The van der Waals surface area contributed by atoms with Crippen LogP contribution in [0.25, 0.3) is 10.2 Å². The van der Waals surface area contributed by atoms with Gasteiger partial charge in [-0.05, 0) is 30.7 Å². The largest absolute Gasteiger partial charge is 0.360 e. The minimum absolute atomic E-state index is 0.0163. The maximum atomic E-state index is 11.8. The highest BCUT2D eigenvalue weighted by Gasteiger charge is 2.23. The second-order valence-electron chi connectivity index (χ2n) is 5.16. The van der Waals surface area contributed by atoms with Gasteiger partial charge >= 0.3 is 0 Å². The van der Waals surface area contributed by atoms with Gasteiger partial charge in [-0.2, -0.15) is 4.98 Å². The summed E-state index contributed by atoms with van der Waals surface area (Å²) in [5, 5.41) is 12.2. The number of fused-ring (bicyclic) bond motifs is 1. The first-order valence-electron chi connectivity index (χ1n) is 7.28. The molecule has 21 heavy (non-hydrogen) atoms. The van der Waals surface area contributed by atoms with Crippen molar-refractivity contribution in [3.8, 4) is 0 Å². The molecule has 7 heteroatoms. The number of carbonyl (C=O) groups is 1. The van der Waals surface area contributed by atoms with E-state index in [4.69, 9.17) is 0 Å². The molecule has 1 aliphatic carbocycles. The van der Waals surface area contributed by atoms with Gasteiger partial charge in [0.05, 0.1) is 11.9 Å². The molecule has 0 unspecified atom stereocenters. The standard InChI is InChI=1S/C14H19N5OS/c1-2-6-15-14-18-12(10-5-7-21-13(10)19-14)16-8-11(20)17-9-3-4-9/h5,7,9H,2-4,6,8H2,1H3,(H,17,20)(H2,15,16,18,19). The van der Waals surface area contributed by atoms with Crippen molar-refractivity contribution < 1.29 is 4.79 Å². The summed E-state index contributed by atoms with van der Waals surface area (Å²) in [7, 11) is 0. The van der Waals surface area contributed by atoms with Gasteiger partial charge in [-0.25, -0.2) is 4.98 Å². The van der Waals surface area contributed by atoms with E-state index in [1.807, 2.05) is 11.4 Å². The number of nitrogens with zero attached hydrogens (tertiary/aromatic N) is 2. The molecule has 3 N–H and O–H groups in total. The number of aromatic nitrogens is 2. The van der Waals surface area contributed by atoms with Crippen LogP contribution in [-0.2, 0) is 4.79 Å². The van der Waals surface area contributed by atoms with E-state index < -0.39 is 0 Å². The Balaban J connectivity index is 1.72. The Morgan fingerprint density at radius 3 is 3.00 bits per heavy atom. The molecule has 2 aromatic rings. The summed E-state index contributed by atoms with van der Waals surface area (Å²) in [6, 6.07) is 2.36. The Kier molecular flexibility index (Phi) is 4.19. The number of anilines is 2. The van der Waals surface area contributed by atoms with E-state index in [0.717, 1.165) is 36.0 Å². The summed E-state index contributed by atoms with van der Waals surface area (Å²) in [6.07, 6.45) is 3.20. The fourth-order valence-corrected chi connectivity index (χ4v) is 2.74. The van der Waals surface area contributed by atoms with E-state index in [1.165, 1.54) is 0 Å². The molecule has 112 valence electrons. The van der Waals surface area contributed by atoms with Gasteiger partial charge in [-0.15, -0.1) is 11.3 Å². The third-order valence-electron chi connectivity index (χ3n) is 3.22. The molecule has 0 atom stereocenters. The lowest BCUT2D eigenvalue weighted by atomic mass is 10.3. The lowest BCUT2D eigenvalue weighted by Gasteiger charge is -2.09. The molecule has 0 aliphatic heterocycles. The van der Waals surface area contributed by atoms with E-state index >= 15 is 0 Å². The summed E-state index contributed by atoms with van der Waals surface area (Å²) >= 11 is 1.57. The van der Waals surface area contributed by atoms with E-state index in [9.17, 15) is 4.79 Å². The Labute approximate surface area is 127 Å². The Hall–Kier alpha value is -1.89. The molecule has 1 saturated carbocycles. The molecule has 2 heterocycles. The minimum Gasteiger partial charge on any atom is -0.360 e. The van der Waals surface area contributed by atoms with Gasteiger partial charge in [0.25, 0.3) is 0 Å². The van der Waals surface area contributed by atoms with Crippen LogP contribution in [0.1, 0.15) is 26.2 Å². The molecule has 0 bridgehead atoms. The fourth-order valence-electron chi connectivity index (χ4n) is 1.98. The number of thiophene rings is 1. The van der Waals surface area contributed by atoms with E-state index in [1.54, 1.807) is 11.3 Å². The zero-order chi connectivity index (χ0) is 14.7. The van der Waals surface area contributed by atoms with Crippen molar-refractivity contribution in [3.63, 3.8) is 0 Å². The van der Waals surface area contributed by atoms with E-state index in [2.05, 4.69) is 32.8 Å². The van der Waals surface area contributed by atoms with Crippen molar-refractivity contribution in [1.29, 1.82) is 0 Å². The van der Waals surface area contributed by atoms with Crippen LogP contribution in [0.15, 0.2) is 11.4 Å². The van der Waals surface area contributed by atoms with Gasteiger partial charge in [0.1, 0.15) is 10.6 Å². The maximum Gasteiger partial charge on any atom is 0.239 e. The van der Waals surface area contributed by atoms with Crippen molar-refractivity contribution in [2.75, 3.05) is 23.7 Å². The monoisotopic (exact) mass is 305 g/mol. The quantitative estimate of drug-likeness (QED) is 0.731. The van der Waals surface area contributed by atoms with Crippen LogP contribution in [0.5, 0.6) is 0 Å². The zero-order valence-corrected chi connectivity index (χ0v) is 12.8. The van der Waals surface area contributed by atoms with E-state index in [-0.39, 0.29) is 12.5 Å². The normalized spacial score (nSPS) is 14.1. The van der Waals surface area contributed by atoms with Gasteiger partial charge in [0, 0.05) is 12.6 Å². The highest BCUT2D eigenvalue weighted by molar-refractivity contribution is 7.16. The van der Waals surface area contributed by atoms with Gasteiger partial charge < -0.3 is 16.0 Å². The van der Waals surface area contributed by atoms with Crippen molar-refractivity contribution in [2.24, 2.45) is 0 Å². The van der Waals surface area contributed by atoms with Crippen LogP contribution in [0.4, 0.5) is 11.8 Å². The SMILES string of the molecule is CCCNc1nc(NCC(=O)NC2CC2)c2ccsc2n1. The molecule has 0 saturated heterocycles. The number of amides is 1. The first-order chi connectivity index (χ1) is 10.3. The molecule has 0 aromatic carbocycles. The second kappa shape index (κ2) is 6.26. The number of carbonyl (C=O) groups excluding carboxylic acids is 1. The molecule has 3 rings (SSSR count). The zero-order valence-electron chi connectivity index (χ0n) is 12.0. The highest BCUT2D eigenvalue weighted by atomic mass is 32.1. The molecular weight excluding hydrogens is 286 g/mol. The van der Waals surface area contributed by atoms with Crippen LogP contribution >= 0.6 is 11.3 Å². The Bertz CT molecular complexity index is 637. The van der Waals surface area contributed by atoms with Crippen molar-refractivity contribution in [1.82, 2.24) is 15.3 Å². The molecule has 1 aliphatic rings. The third kappa shape index (κ3) is 3.60. The number of hydrogen-bond donors (Lipinski definition) is 3. The molecule has 1 fully saturated rings. The predicted molar refractivity (Wildman–Crippen MR) is 85.9 cm³/mol. The van der Waals surface area contributed by atoms with Crippen molar-refractivity contribution in [2.45, 2.75) is 32.2 Å².